The van der Waals surface area contributed by atoms with E-state index >= 15 is 0 Å². The van der Waals surface area contributed by atoms with Gasteiger partial charge in [0, 0.05) is 6.54 Å². The van der Waals surface area contributed by atoms with E-state index in [0.29, 0.717) is 13.0 Å². The molecule has 3 rings (SSSR count). The molecule has 0 aliphatic rings. The van der Waals surface area contributed by atoms with E-state index in [4.69, 9.17) is 4.74 Å². The number of amides is 1. The monoisotopic (exact) mass is 373 g/mol. The summed E-state index contributed by atoms with van der Waals surface area (Å²) in [7, 11) is 0. The Kier molecular flexibility index (Phi) is 6.96. The van der Waals surface area contributed by atoms with Crippen LogP contribution >= 0.6 is 0 Å². The first-order valence-electron chi connectivity index (χ1n) is 9.26. The minimum Gasteiger partial charge on any atom is -0.445 e. The van der Waals surface area contributed by atoms with E-state index in [9.17, 15) is 9.59 Å². The molecule has 0 saturated carbocycles. The summed E-state index contributed by atoms with van der Waals surface area (Å²) < 4.78 is 5.51. The van der Waals surface area contributed by atoms with Gasteiger partial charge in [-0.2, -0.15) is 0 Å². The van der Waals surface area contributed by atoms with Gasteiger partial charge in [-0.1, -0.05) is 91.0 Å². The molecule has 0 aliphatic heterocycles. The zero-order valence-electron chi connectivity index (χ0n) is 15.6. The van der Waals surface area contributed by atoms with Crippen LogP contribution in [0.1, 0.15) is 16.7 Å². The number of hydrogen-bond donors (Lipinski definition) is 0. The van der Waals surface area contributed by atoms with Crippen LogP contribution in [0.5, 0.6) is 0 Å². The maximum absolute atomic E-state index is 12.9. The van der Waals surface area contributed by atoms with Crippen molar-refractivity contribution in [3.8, 4) is 0 Å². The summed E-state index contributed by atoms with van der Waals surface area (Å²) in [4.78, 5) is 26.2. The number of ether oxygens (including phenoxy) is 1. The summed E-state index contributed by atoms with van der Waals surface area (Å²) in [5.41, 5.74) is 2.84. The Morgan fingerprint density at radius 2 is 1.29 bits per heavy atom. The number of rotatable bonds is 8. The summed E-state index contributed by atoms with van der Waals surface area (Å²) in [5.74, 6) is 0. The van der Waals surface area contributed by atoms with Crippen LogP contribution in [0.25, 0.3) is 0 Å². The van der Waals surface area contributed by atoms with Crippen LogP contribution in [0.2, 0.25) is 0 Å². The highest BCUT2D eigenvalue weighted by molar-refractivity contribution is 5.73. The summed E-state index contributed by atoms with van der Waals surface area (Å²) >= 11 is 0. The Morgan fingerprint density at radius 3 is 1.82 bits per heavy atom. The van der Waals surface area contributed by atoms with Crippen LogP contribution in [0.15, 0.2) is 91.0 Å². The molecule has 0 spiro atoms. The fourth-order valence-corrected chi connectivity index (χ4v) is 2.99. The Labute approximate surface area is 165 Å². The molecular formula is C24H23NO3. The molecule has 0 N–H and O–H groups in total. The van der Waals surface area contributed by atoms with Crippen LogP contribution in [-0.2, 0) is 29.1 Å². The van der Waals surface area contributed by atoms with E-state index in [1.54, 1.807) is 0 Å². The van der Waals surface area contributed by atoms with Gasteiger partial charge in [0.05, 0.1) is 6.04 Å². The molecule has 0 aromatic heterocycles. The highest BCUT2D eigenvalue weighted by atomic mass is 16.6. The number of benzene rings is 3. The lowest BCUT2D eigenvalue weighted by Gasteiger charge is -2.28. The van der Waals surface area contributed by atoms with Gasteiger partial charge >= 0.3 is 6.09 Å². The van der Waals surface area contributed by atoms with Crippen molar-refractivity contribution in [3.63, 3.8) is 0 Å². The normalized spacial score (nSPS) is 11.4. The van der Waals surface area contributed by atoms with Gasteiger partial charge in [-0.25, -0.2) is 4.79 Å². The van der Waals surface area contributed by atoms with Crippen LogP contribution in [0, 0.1) is 0 Å². The average molecular weight is 373 g/mol. The molecule has 1 amide bonds. The Hall–Kier alpha value is -3.40. The average Bonchev–Trinajstić information content (AvgIpc) is 2.76. The van der Waals surface area contributed by atoms with E-state index < -0.39 is 12.1 Å². The maximum Gasteiger partial charge on any atom is 0.411 e. The minimum atomic E-state index is -0.606. The van der Waals surface area contributed by atoms with Crippen molar-refractivity contribution in [2.24, 2.45) is 0 Å². The SMILES string of the molecule is O=C[C@H](Cc1ccccc1)N(Cc1ccccc1)C(=O)OCc1ccccc1. The standard InChI is InChI=1S/C24H23NO3/c26-18-23(16-20-10-4-1-5-11-20)25(17-21-12-6-2-7-13-21)24(27)28-19-22-14-8-3-9-15-22/h1-15,18,23H,16-17,19H2/t23-/m0/s1. The topological polar surface area (TPSA) is 46.6 Å². The van der Waals surface area contributed by atoms with Crippen LogP contribution in [0.4, 0.5) is 4.79 Å². The smallest absolute Gasteiger partial charge is 0.411 e. The summed E-state index contributed by atoms with van der Waals surface area (Å²) in [6.07, 6.45) is 0.762. The molecule has 0 aliphatic carbocycles. The molecule has 0 fully saturated rings. The molecule has 4 nitrogen and oxygen atoms in total. The molecule has 3 aromatic rings. The largest absolute Gasteiger partial charge is 0.445 e. The van der Waals surface area contributed by atoms with Gasteiger partial charge in [0.1, 0.15) is 12.9 Å². The van der Waals surface area contributed by atoms with Gasteiger partial charge < -0.3 is 9.53 Å². The lowest BCUT2D eigenvalue weighted by atomic mass is 10.1. The third-order valence-corrected chi connectivity index (χ3v) is 4.48. The second-order valence-corrected chi connectivity index (χ2v) is 6.55. The third-order valence-electron chi connectivity index (χ3n) is 4.48. The molecule has 0 heterocycles. The molecule has 1 atom stereocenters. The van der Waals surface area contributed by atoms with E-state index in [2.05, 4.69) is 0 Å². The van der Waals surface area contributed by atoms with E-state index in [0.717, 1.165) is 23.0 Å². The van der Waals surface area contributed by atoms with Crippen molar-refractivity contribution < 1.29 is 14.3 Å². The molecule has 142 valence electrons. The first-order valence-corrected chi connectivity index (χ1v) is 9.26. The van der Waals surface area contributed by atoms with Gasteiger partial charge in [-0.05, 0) is 23.1 Å². The van der Waals surface area contributed by atoms with Gasteiger partial charge in [0.2, 0.25) is 0 Å². The second-order valence-electron chi connectivity index (χ2n) is 6.55. The molecule has 28 heavy (non-hydrogen) atoms. The summed E-state index contributed by atoms with van der Waals surface area (Å²) in [6, 6.07) is 28.2. The van der Waals surface area contributed by atoms with Gasteiger partial charge in [0.25, 0.3) is 0 Å². The summed E-state index contributed by atoms with van der Waals surface area (Å²) in [5, 5.41) is 0. The summed E-state index contributed by atoms with van der Waals surface area (Å²) in [6.45, 7) is 0.479. The fraction of sp³-hybridized carbons (Fsp3) is 0.167. The van der Waals surface area contributed by atoms with E-state index in [1.165, 1.54) is 4.90 Å². The highest BCUT2D eigenvalue weighted by Crippen LogP contribution is 2.15. The molecule has 0 bridgehead atoms. The van der Waals surface area contributed by atoms with Gasteiger partial charge in [-0.15, -0.1) is 0 Å². The lowest BCUT2D eigenvalue weighted by molar-refractivity contribution is -0.112. The number of aldehydes is 1. The van der Waals surface area contributed by atoms with Crippen LogP contribution in [0.3, 0.4) is 0 Å². The van der Waals surface area contributed by atoms with Gasteiger partial charge in [-0.3, -0.25) is 4.90 Å². The van der Waals surface area contributed by atoms with Crippen LogP contribution in [-0.4, -0.2) is 23.3 Å². The predicted octanol–water partition coefficient (Wildman–Crippen LogP) is 4.64. The Morgan fingerprint density at radius 1 is 0.786 bits per heavy atom. The lowest BCUT2D eigenvalue weighted by Crippen LogP contribution is -2.42. The maximum atomic E-state index is 12.9. The van der Waals surface area contributed by atoms with E-state index in [1.807, 2.05) is 91.0 Å². The Bertz CT molecular complexity index is 866. The Balaban J connectivity index is 1.76. The first-order chi connectivity index (χ1) is 13.8. The van der Waals surface area contributed by atoms with Crippen LogP contribution < -0.4 is 0 Å². The van der Waals surface area contributed by atoms with Crippen molar-refractivity contribution in [2.45, 2.75) is 25.6 Å². The molecule has 4 heteroatoms. The minimum absolute atomic E-state index is 0.169. The number of carbonyl (C=O) groups excluding carboxylic acids is 2. The van der Waals surface area contributed by atoms with Crippen molar-refractivity contribution in [3.05, 3.63) is 108 Å². The number of nitrogens with zero attached hydrogens (tertiary/aromatic N) is 1. The first kappa shape index (κ1) is 19.4. The molecule has 0 radical (unpaired) electrons. The molecular weight excluding hydrogens is 350 g/mol. The van der Waals surface area contributed by atoms with Crippen molar-refractivity contribution >= 4 is 12.4 Å². The molecule has 3 aromatic carbocycles. The number of carbonyl (C=O) groups is 2. The second kappa shape index (κ2) is 10.1. The highest BCUT2D eigenvalue weighted by Gasteiger charge is 2.25. The van der Waals surface area contributed by atoms with E-state index in [-0.39, 0.29) is 6.61 Å². The zero-order chi connectivity index (χ0) is 19.6. The predicted molar refractivity (Wildman–Crippen MR) is 109 cm³/mol. The number of hydrogen-bond acceptors (Lipinski definition) is 3. The third kappa shape index (κ3) is 5.55. The fourth-order valence-electron chi connectivity index (χ4n) is 2.99. The van der Waals surface area contributed by atoms with Crippen molar-refractivity contribution in [2.75, 3.05) is 0 Å². The quantitative estimate of drug-likeness (QED) is 0.541. The van der Waals surface area contributed by atoms with Gasteiger partial charge in [0.15, 0.2) is 0 Å². The van der Waals surface area contributed by atoms with Crippen molar-refractivity contribution in [1.82, 2.24) is 4.90 Å². The molecule has 0 unspecified atom stereocenters. The van der Waals surface area contributed by atoms with Crippen molar-refractivity contribution in [1.29, 1.82) is 0 Å². The zero-order valence-corrected chi connectivity index (χ0v) is 15.6. The molecule has 0 saturated heterocycles.